The van der Waals surface area contributed by atoms with Crippen molar-refractivity contribution in [3.05, 3.63) is 0 Å². The summed E-state index contributed by atoms with van der Waals surface area (Å²) in [6, 6.07) is 0. The molecule has 0 amide bonds. The molecule has 0 spiro atoms. The van der Waals surface area contributed by atoms with E-state index in [0.29, 0.717) is 43.2 Å². The third-order valence-corrected chi connectivity index (χ3v) is 8.99. The van der Waals surface area contributed by atoms with E-state index in [-0.39, 0.29) is 0 Å². The molecular formula is C8H16Sb2. The summed E-state index contributed by atoms with van der Waals surface area (Å²) in [6.07, 6.45) is 6.27. The van der Waals surface area contributed by atoms with E-state index in [0.717, 1.165) is 0 Å². The molecule has 2 radical (unpaired) electrons. The Balaban J connectivity index is 0.0000001000. The maximum atomic E-state index is 1.65. The normalized spacial score (nSPS) is 24.0. The van der Waals surface area contributed by atoms with E-state index in [1.807, 2.05) is 0 Å². The molecule has 2 fully saturated rings. The van der Waals surface area contributed by atoms with Gasteiger partial charge in [-0.2, -0.15) is 0 Å². The van der Waals surface area contributed by atoms with Crippen LogP contribution < -0.4 is 0 Å². The molecule has 2 saturated heterocycles. The van der Waals surface area contributed by atoms with Crippen molar-refractivity contribution in [3.8, 4) is 0 Å². The van der Waals surface area contributed by atoms with Gasteiger partial charge >= 0.3 is 86.4 Å². The molecular weight excluding hydrogens is 340 g/mol. The van der Waals surface area contributed by atoms with E-state index >= 15 is 0 Å². The van der Waals surface area contributed by atoms with E-state index in [2.05, 4.69) is 0 Å². The first-order valence-corrected chi connectivity index (χ1v) is 11.5. The van der Waals surface area contributed by atoms with Crippen LogP contribution in [0.15, 0.2) is 0 Å². The maximum absolute atomic E-state index is 1.65. The van der Waals surface area contributed by atoms with E-state index in [4.69, 9.17) is 0 Å². The average molecular weight is 356 g/mol. The van der Waals surface area contributed by atoms with Crippen molar-refractivity contribution < 1.29 is 0 Å². The van der Waals surface area contributed by atoms with Crippen LogP contribution in [0.4, 0.5) is 0 Å². The fourth-order valence-corrected chi connectivity index (χ4v) is 7.50. The van der Waals surface area contributed by atoms with Crippen molar-refractivity contribution in [2.45, 2.75) is 43.2 Å². The molecule has 0 atom stereocenters. The molecule has 2 rings (SSSR count). The van der Waals surface area contributed by atoms with Crippen LogP contribution >= 0.6 is 0 Å². The monoisotopic (exact) mass is 354 g/mol. The first-order valence-electron chi connectivity index (χ1n) is 4.26. The third-order valence-electron chi connectivity index (χ3n) is 1.76. The Morgan fingerprint density at radius 1 is 0.500 bits per heavy atom. The van der Waals surface area contributed by atoms with Crippen LogP contribution in [-0.4, -0.2) is 43.2 Å². The summed E-state index contributed by atoms with van der Waals surface area (Å²) in [5.41, 5.74) is 0. The zero-order chi connectivity index (χ0) is 7.07. The molecule has 2 aliphatic rings. The second-order valence-electron chi connectivity index (χ2n) is 2.76. The van der Waals surface area contributed by atoms with Gasteiger partial charge in [-0.15, -0.1) is 0 Å². The molecule has 10 heavy (non-hydrogen) atoms. The van der Waals surface area contributed by atoms with Crippen LogP contribution in [0.3, 0.4) is 0 Å². The Labute approximate surface area is 85.6 Å². The molecule has 2 heteroatoms. The molecule has 2 heterocycles. The minimum atomic E-state index is 0.467. The second-order valence-corrected chi connectivity index (χ2v) is 10.4. The molecule has 0 nitrogen and oxygen atoms in total. The number of rotatable bonds is 0. The minimum absolute atomic E-state index is 0.467. The van der Waals surface area contributed by atoms with Gasteiger partial charge in [0.2, 0.25) is 0 Å². The zero-order valence-electron chi connectivity index (χ0n) is 6.55. The zero-order valence-corrected chi connectivity index (χ0v) is 11.7. The van der Waals surface area contributed by atoms with E-state index in [9.17, 15) is 0 Å². The Kier molecular flexibility index (Phi) is 7.09. The van der Waals surface area contributed by atoms with Crippen molar-refractivity contribution >= 4 is 43.2 Å². The Morgan fingerprint density at radius 2 is 0.800 bits per heavy atom. The molecule has 0 aliphatic carbocycles. The molecule has 0 aromatic carbocycles. The van der Waals surface area contributed by atoms with Crippen LogP contribution in [-0.2, 0) is 0 Å². The van der Waals surface area contributed by atoms with Crippen LogP contribution in [0.2, 0.25) is 17.5 Å². The molecule has 58 valence electrons. The predicted molar refractivity (Wildman–Crippen MR) is 49.2 cm³/mol. The van der Waals surface area contributed by atoms with Gasteiger partial charge < -0.3 is 0 Å². The summed E-state index contributed by atoms with van der Waals surface area (Å²) in [7, 11) is 0. The summed E-state index contributed by atoms with van der Waals surface area (Å²) < 4.78 is 6.60. The predicted octanol–water partition coefficient (Wildman–Crippen LogP) is 2.64. The van der Waals surface area contributed by atoms with Gasteiger partial charge in [0.1, 0.15) is 0 Å². The second kappa shape index (κ2) is 7.29. The molecule has 0 saturated carbocycles. The Hall–Kier alpha value is 1.64. The summed E-state index contributed by atoms with van der Waals surface area (Å²) in [5.74, 6) is 0. The van der Waals surface area contributed by atoms with Crippen LogP contribution in [0, 0.1) is 0 Å². The molecule has 0 unspecified atom stereocenters. The van der Waals surface area contributed by atoms with Crippen molar-refractivity contribution in [2.24, 2.45) is 0 Å². The van der Waals surface area contributed by atoms with Crippen LogP contribution in [0.1, 0.15) is 25.7 Å². The van der Waals surface area contributed by atoms with Gasteiger partial charge in [-0.1, -0.05) is 0 Å². The van der Waals surface area contributed by atoms with Crippen LogP contribution in [0.5, 0.6) is 0 Å². The van der Waals surface area contributed by atoms with Gasteiger partial charge in [0, 0.05) is 0 Å². The first-order chi connectivity index (χ1) is 5.00. The molecule has 0 aromatic heterocycles. The van der Waals surface area contributed by atoms with Crippen molar-refractivity contribution in [1.29, 1.82) is 0 Å². The average Bonchev–Trinajstić information content (AvgIpc) is 2.67. The summed E-state index contributed by atoms with van der Waals surface area (Å²) in [4.78, 5) is 0. The van der Waals surface area contributed by atoms with Crippen molar-refractivity contribution in [1.82, 2.24) is 0 Å². The number of hydrogen-bond donors (Lipinski definition) is 0. The molecule has 0 N–H and O–H groups in total. The summed E-state index contributed by atoms with van der Waals surface area (Å²) in [6.45, 7) is 0. The molecule has 2 aliphatic heterocycles. The standard InChI is InChI=1S/2C4H8.2Sb/c2*1-3-4-2;;/h2*1-4H2;;. The van der Waals surface area contributed by atoms with E-state index in [1.165, 1.54) is 0 Å². The van der Waals surface area contributed by atoms with Gasteiger partial charge in [-0.3, -0.25) is 0 Å². The topological polar surface area (TPSA) is 0 Å². The van der Waals surface area contributed by atoms with Crippen molar-refractivity contribution in [3.63, 3.8) is 0 Å². The van der Waals surface area contributed by atoms with Gasteiger partial charge in [0.15, 0.2) is 0 Å². The molecule has 0 bridgehead atoms. The Bertz CT molecular complexity index is 40.4. The van der Waals surface area contributed by atoms with Gasteiger partial charge in [-0.05, 0) is 0 Å². The SMILES string of the molecule is C1C[CH2][Sb][CH2]1.C1C[CH2][Sb][CH2]1. The van der Waals surface area contributed by atoms with Gasteiger partial charge in [0.25, 0.3) is 0 Å². The quantitative estimate of drug-likeness (QED) is 0.586. The van der Waals surface area contributed by atoms with E-state index < -0.39 is 0 Å². The van der Waals surface area contributed by atoms with Gasteiger partial charge in [-0.25, -0.2) is 0 Å². The number of hydrogen-bond acceptors (Lipinski definition) is 0. The summed E-state index contributed by atoms with van der Waals surface area (Å²) >= 11 is 0.933. The van der Waals surface area contributed by atoms with Crippen molar-refractivity contribution in [2.75, 3.05) is 0 Å². The van der Waals surface area contributed by atoms with E-state index in [1.54, 1.807) is 43.2 Å². The summed E-state index contributed by atoms with van der Waals surface area (Å²) in [5, 5.41) is 0. The van der Waals surface area contributed by atoms with Gasteiger partial charge in [0.05, 0.1) is 0 Å². The fourth-order valence-electron chi connectivity index (χ4n) is 1.12. The fraction of sp³-hybridized carbons (Fsp3) is 1.00. The third kappa shape index (κ3) is 5.31. The van der Waals surface area contributed by atoms with Crippen LogP contribution in [0.25, 0.3) is 0 Å². The first kappa shape index (κ1) is 9.72. The molecule has 0 aromatic rings. The Morgan fingerprint density at radius 3 is 0.900 bits per heavy atom.